The van der Waals surface area contributed by atoms with Gasteiger partial charge in [-0.25, -0.2) is 4.68 Å². The van der Waals surface area contributed by atoms with Gasteiger partial charge >= 0.3 is 0 Å². The SMILES string of the molecule is Cc1ccc(C)c(CSc2nnc(-c3ccc(C(C)(C)C)cc3)n2N)c1. The van der Waals surface area contributed by atoms with Crippen LogP contribution in [0.4, 0.5) is 0 Å². The normalized spacial score (nSPS) is 11.7. The van der Waals surface area contributed by atoms with Gasteiger partial charge in [-0.3, -0.25) is 0 Å². The third kappa shape index (κ3) is 3.93. The van der Waals surface area contributed by atoms with Crippen molar-refractivity contribution in [2.45, 2.75) is 50.9 Å². The molecule has 0 bridgehead atoms. The summed E-state index contributed by atoms with van der Waals surface area (Å²) in [5, 5.41) is 9.30. The topological polar surface area (TPSA) is 56.7 Å². The Hall–Kier alpha value is -2.27. The minimum atomic E-state index is 0.127. The molecule has 0 atom stereocenters. The van der Waals surface area contributed by atoms with Crippen LogP contribution < -0.4 is 5.84 Å². The lowest BCUT2D eigenvalue weighted by Gasteiger charge is -2.19. The van der Waals surface area contributed by atoms with Crippen molar-refractivity contribution in [3.8, 4) is 11.4 Å². The lowest BCUT2D eigenvalue weighted by Crippen LogP contribution is -2.12. The van der Waals surface area contributed by atoms with Crippen LogP contribution >= 0.6 is 11.8 Å². The molecule has 0 aliphatic heterocycles. The molecule has 1 aromatic heterocycles. The molecule has 0 saturated heterocycles. The molecular weight excluding hydrogens is 340 g/mol. The second kappa shape index (κ2) is 7.16. The summed E-state index contributed by atoms with van der Waals surface area (Å²) in [7, 11) is 0. The van der Waals surface area contributed by atoms with E-state index in [9.17, 15) is 0 Å². The van der Waals surface area contributed by atoms with Gasteiger partial charge in [0.05, 0.1) is 0 Å². The van der Waals surface area contributed by atoms with Crippen LogP contribution in [0.1, 0.15) is 43.0 Å². The Balaban J connectivity index is 1.78. The largest absolute Gasteiger partial charge is 0.335 e. The van der Waals surface area contributed by atoms with Crippen molar-refractivity contribution in [3.63, 3.8) is 0 Å². The minimum absolute atomic E-state index is 0.127. The number of benzene rings is 2. The Morgan fingerprint density at radius 3 is 2.35 bits per heavy atom. The summed E-state index contributed by atoms with van der Waals surface area (Å²) >= 11 is 1.61. The Labute approximate surface area is 159 Å². The fourth-order valence-electron chi connectivity index (χ4n) is 2.79. The number of hydrogen-bond acceptors (Lipinski definition) is 4. The van der Waals surface area contributed by atoms with Gasteiger partial charge in [0.2, 0.25) is 5.16 Å². The van der Waals surface area contributed by atoms with Crippen molar-refractivity contribution in [3.05, 3.63) is 64.7 Å². The number of rotatable bonds is 4. The molecule has 0 spiro atoms. The fourth-order valence-corrected chi connectivity index (χ4v) is 3.71. The third-order valence-corrected chi connectivity index (χ3v) is 5.53. The molecule has 2 N–H and O–H groups in total. The maximum Gasteiger partial charge on any atom is 0.210 e. The fraction of sp³-hybridized carbons (Fsp3) is 0.333. The van der Waals surface area contributed by atoms with Crippen molar-refractivity contribution >= 4 is 11.8 Å². The molecular formula is C21H26N4S. The van der Waals surface area contributed by atoms with Crippen LogP contribution in [-0.4, -0.2) is 14.9 Å². The zero-order valence-electron chi connectivity index (χ0n) is 16.1. The summed E-state index contributed by atoms with van der Waals surface area (Å²) in [5.41, 5.74) is 6.24. The quantitative estimate of drug-likeness (QED) is 0.529. The van der Waals surface area contributed by atoms with E-state index in [1.165, 1.54) is 22.3 Å². The highest BCUT2D eigenvalue weighted by Gasteiger charge is 2.16. The number of hydrogen-bond donors (Lipinski definition) is 1. The predicted octanol–water partition coefficient (Wildman–Crippen LogP) is 4.87. The van der Waals surface area contributed by atoms with Gasteiger partial charge in [0.15, 0.2) is 5.82 Å². The molecule has 0 radical (unpaired) electrons. The summed E-state index contributed by atoms with van der Waals surface area (Å²) in [5.74, 6) is 7.78. The van der Waals surface area contributed by atoms with Gasteiger partial charge in [0.25, 0.3) is 0 Å². The van der Waals surface area contributed by atoms with E-state index in [2.05, 4.69) is 87.3 Å². The molecule has 0 aliphatic carbocycles. The highest BCUT2D eigenvalue weighted by atomic mass is 32.2. The number of aromatic nitrogens is 3. The number of nitrogens with two attached hydrogens (primary N) is 1. The second-order valence-electron chi connectivity index (χ2n) is 7.72. The molecule has 26 heavy (non-hydrogen) atoms. The van der Waals surface area contributed by atoms with E-state index in [4.69, 9.17) is 5.84 Å². The molecule has 0 saturated carbocycles. The van der Waals surface area contributed by atoms with Gasteiger partial charge in [-0.05, 0) is 36.0 Å². The molecule has 3 rings (SSSR count). The Morgan fingerprint density at radius 2 is 1.69 bits per heavy atom. The first-order valence-corrected chi connectivity index (χ1v) is 9.74. The van der Waals surface area contributed by atoms with Gasteiger partial charge < -0.3 is 5.84 Å². The van der Waals surface area contributed by atoms with E-state index in [1.54, 1.807) is 16.4 Å². The van der Waals surface area contributed by atoms with E-state index >= 15 is 0 Å². The highest BCUT2D eigenvalue weighted by molar-refractivity contribution is 7.98. The van der Waals surface area contributed by atoms with Gasteiger partial charge in [0.1, 0.15) is 0 Å². The van der Waals surface area contributed by atoms with Crippen LogP contribution in [0.15, 0.2) is 47.6 Å². The van der Waals surface area contributed by atoms with Crippen molar-refractivity contribution in [2.75, 3.05) is 5.84 Å². The molecule has 0 unspecified atom stereocenters. The van der Waals surface area contributed by atoms with Crippen molar-refractivity contribution in [2.24, 2.45) is 0 Å². The smallest absolute Gasteiger partial charge is 0.210 e. The maximum absolute atomic E-state index is 6.26. The van der Waals surface area contributed by atoms with Crippen molar-refractivity contribution in [1.82, 2.24) is 14.9 Å². The molecule has 136 valence electrons. The summed E-state index contributed by atoms with van der Waals surface area (Å²) in [6.07, 6.45) is 0. The summed E-state index contributed by atoms with van der Waals surface area (Å²) in [6, 6.07) is 14.9. The summed E-state index contributed by atoms with van der Waals surface area (Å²) < 4.78 is 1.59. The van der Waals surface area contributed by atoms with Gasteiger partial charge in [-0.1, -0.05) is 80.6 Å². The van der Waals surface area contributed by atoms with Crippen LogP contribution in [0.3, 0.4) is 0 Å². The van der Waals surface area contributed by atoms with E-state index in [1.807, 2.05) is 0 Å². The molecule has 4 nitrogen and oxygen atoms in total. The second-order valence-corrected chi connectivity index (χ2v) is 8.66. The molecule has 2 aromatic carbocycles. The lowest BCUT2D eigenvalue weighted by atomic mass is 9.87. The van der Waals surface area contributed by atoms with E-state index in [0.29, 0.717) is 5.82 Å². The molecule has 0 fully saturated rings. The molecule has 5 heteroatoms. The number of nitrogens with zero attached hydrogens (tertiary/aromatic N) is 3. The minimum Gasteiger partial charge on any atom is -0.335 e. The summed E-state index contributed by atoms with van der Waals surface area (Å²) in [4.78, 5) is 0. The average molecular weight is 367 g/mol. The maximum atomic E-state index is 6.26. The zero-order chi connectivity index (χ0) is 18.9. The first-order valence-electron chi connectivity index (χ1n) is 8.76. The molecule has 3 aromatic rings. The first kappa shape index (κ1) is 18.5. The predicted molar refractivity (Wildman–Crippen MR) is 110 cm³/mol. The van der Waals surface area contributed by atoms with Crippen LogP contribution in [0, 0.1) is 13.8 Å². The highest BCUT2D eigenvalue weighted by Crippen LogP contribution is 2.28. The van der Waals surface area contributed by atoms with E-state index in [0.717, 1.165) is 16.5 Å². The zero-order valence-corrected chi connectivity index (χ0v) is 16.9. The number of thioether (sulfide) groups is 1. The number of aryl methyl sites for hydroxylation is 2. The van der Waals surface area contributed by atoms with Crippen LogP contribution in [0.25, 0.3) is 11.4 Å². The molecule has 0 aliphatic rings. The van der Waals surface area contributed by atoms with E-state index in [-0.39, 0.29) is 5.41 Å². The summed E-state index contributed by atoms with van der Waals surface area (Å²) in [6.45, 7) is 10.9. The lowest BCUT2D eigenvalue weighted by molar-refractivity contribution is 0.590. The van der Waals surface area contributed by atoms with Crippen LogP contribution in [0.2, 0.25) is 0 Å². The van der Waals surface area contributed by atoms with Crippen molar-refractivity contribution < 1.29 is 0 Å². The van der Waals surface area contributed by atoms with Gasteiger partial charge in [-0.15, -0.1) is 10.2 Å². The van der Waals surface area contributed by atoms with E-state index < -0.39 is 0 Å². The Kier molecular flexibility index (Phi) is 5.10. The monoisotopic (exact) mass is 366 g/mol. The first-order chi connectivity index (χ1) is 12.3. The van der Waals surface area contributed by atoms with Crippen LogP contribution in [-0.2, 0) is 11.2 Å². The number of nitrogen functional groups attached to an aromatic ring is 1. The van der Waals surface area contributed by atoms with Gasteiger partial charge in [-0.2, -0.15) is 0 Å². The molecule has 0 amide bonds. The molecule has 1 heterocycles. The Morgan fingerprint density at radius 1 is 1.00 bits per heavy atom. The Bertz CT molecular complexity index is 905. The van der Waals surface area contributed by atoms with Crippen molar-refractivity contribution in [1.29, 1.82) is 0 Å². The van der Waals surface area contributed by atoms with Crippen LogP contribution in [0.5, 0.6) is 0 Å². The standard InChI is InChI=1S/C21H26N4S/c1-14-6-7-15(2)17(12-14)13-26-20-24-23-19(25(20)22)16-8-10-18(11-9-16)21(3,4)5/h6-12H,13,22H2,1-5H3. The van der Waals surface area contributed by atoms with Gasteiger partial charge in [0, 0.05) is 11.3 Å². The third-order valence-electron chi connectivity index (χ3n) is 4.54. The average Bonchev–Trinajstić information content (AvgIpc) is 2.96.